The number of ketones is 1. The Bertz CT molecular complexity index is 749. The molecule has 0 aliphatic carbocycles. The molecule has 0 aromatic heterocycles. The van der Waals surface area contributed by atoms with Crippen LogP contribution in [0.1, 0.15) is 10.4 Å². The van der Waals surface area contributed by atoms with Gasteiger partial charge in [0.2, 0.25) is 11.5 Å². The summed E-state index contributed by atoms with van der Waals surface area (Å²) in [6.07, 6.45) is 0. The fourth-order valence-corrected chi connectivity index (χ4v) is 1.85. The van der Waals surface area contributed by atoms with Crippen LogP contribution in [0.4, 0.5) is 5.69 Å². The molecule has 5 nitrogen and oxygen atoms in total. The van der Waals surface area contributed by atoms with Gasteiger partial charge < -0.3 is 4.74 Å². The Morgan fingerprint density at radius 2 is 1.91 bits per heavy atom. The van der Waals surface area contributed by atoms with Crippen molar-refractivity contribution in [3.63, 3.8) is 0 Å². The molecule has 0 bridgehead atoms. The first-order valence-corrected chi connectivity index (χ1v) is 6.70. The molecule has 22 heavy (non-hydrogen) atoms. The number of methoxy groups -OCH3 is 1. The number of para-hydroxylation sites is 1. The van der Waals surface area contributed by atoms with E-state index in [1.165, 1.54) is 7.11 Å². The highest BCUT2D eigenvalue weighted by molar-refractivity contribution is 6.51. The molecule has 0 radical (unpaired) electrons. The SMILES string of the molecule is COc1ccc(C(=O)/C(C#N)=N/Nc2ccccc2Cl)cc1. The standard InChI is InChI=1S/C16H12ClN3O2/c1-22-12-8-6-11(7-9-12)16(21)15(10-18)20-19-14-5-3-2-4-13(14)17/h2-9,19H,1H3/b20-15+. The Balaban J connectivity index is 2.20. The lowest BCUT2D eigenvalue weighted by Gasteiger charge is -2.04. The van der Waals surface area contributed by atoms with Crippen molar-refractivity contribution in [3.05, 3.63) is 59.1 Å². The number of carbonyl (C=O) groups is 1. The minimum Gasteiger partial charge on any atom is -0.497 e. The minimum atomic E-state index is -0.482. The fourth-order valence-electron chi connectivity index (χ4n) is 1.67. The Labute approximate surface area is 132 Å². The van der Waals surface area contributed by atoms with Crippen molar-refractivity contribution < 1.29 is 9.53 Å². The Morgan fingerprint density at radius 3 is 2.50 bits per heavy atom. The number of ether oxygens (including phenoxy) is 1. The van der Waals surface area contributed by atoms with Crippen LogP contribution >= 0.6 is 11.6 Å². The van der Waals surface area contributed by atoms with Crippen LogP contribution in [0.2, 0.25) is 5.02 Å². The van der Waals surface area contributed by atoms with E-state index in [0.717, 1.165) is 0 Å². The van der Waals surface area contributed by atoms with E-state index in [1.54, 1.807) is 54.6 Å². The van der Waals surface area contributed by atoms with Gasteiger partial charge in [0, 0.05) is 5.56 Å². The molecule has 0 saturated carbocycles. The average Bonchev–Trinajstić information content (AvgIpc) is 2.56. The van der Waals surface area contributed by atoms with Gasteiger partial charge in [-0.1, -0.05) is 23.7 Å². The maximum absolute atomic E-state index is 12.2. The molecule has 0 aliphatic rings. The average molecular weight is 314 g/mol. The lowest BCUT2D eigenvalue weighted by molar-refractivity contribution is 0.106. The fraction of sp³-hybridized carbons (Fsp3) is 0.0625. The van der Waals surface area contributed by atoms with E-state index in [-0.39, 0.29) is 5.71 Å². The summed E-state index contributed by atoms with van der Waals surface area (Å²) in [6, 6.07) is 15.1. The number of Topliss-reactive ketones (excluding diaryl/α,β-unsaturated/α-hetero) is 1. The molecule has 1 N–H and O–H groups in total. The van der Waals surface area contributed by atoms with Crippen molar-refractivity contribution >= 4 is 28.8 Å². The summed E-state index contributed by atoms with van der Waals surface area (Å²) in [4.78, 5) is 12.2. The van der Waals surface area contributed by atoms with E-state index in [1.807, 2.05) is 0 Å². The first-order valence-electron chi connectivity index (χ1n) is 6.33. The number of anilines is 1. The topological polar surface area (TPSA) is 74.5 Å². The largest absolute Gasteiger partial charge is 0.497 e. The van der Waals surface area contributed by atoms with E-state index in [2.05, 4.69) is 10.5 Å². The maximum atomic E-state index is 12.2. The van der Waals surface area contributed by atoms with E-state index in [0.29, 0.717) is 22.0 Å². The van der Waals surface area contributed by atoms with Gasteiger partial charge in [0.05, 0.1) is 17.8 Å². The predicted octanol–water partition coefficient (Wildman–Crippen LogP) is 3.52. The van der Waals surface area contributed by atoms with Crippen LogP contribution < -0.4 is 10.2 Å². The van der Waals surface area contributed by atoms with E-state index >= 15 is 0 Å². The molecule has 0 aliphatic heterocycles. The van der Waals surface area contributed by atoms with Crippen molar-refractivity contribution in [3.8, 4) is 11.8 Å². The second-order valence-electron chi connectivity index (χ2n) is 4.22. The summed E-state index contributed by atoms with van der Waals surface area (Å²) >= 11 is 5.97. The van der Waals surface area contributed by atoms with Gasteiger partial charge in [-0.2, -0.15) is 10.4 Å². The van der Waals surface area contributed by atoms with Crippen LogP contribution in [0.3, 0.4) is 0 Å². The number of rotatable bonds is 5. The highest BCUT2D eigenvalue weighted by Crippen LogP contribution is 2.20. The zero-order chi connectivity index (χ0) is 15.9. The third kappa shape index (κ3) is 3.62. The van der Waals surface area contributed by atoms with Gasteiger partial charge in [-0.15, -0.1) is 0 Å². The summed E-state index contributed by atoms with van der Waals surface area (Å²) in [6.45, 7) is 0. The van der Waals surface area contributed by atoms with Crippen LogP contribution in [0, 0.1) is 11.3 Å². The number of benzene rings is 2. The molecule has 0 atom stereocenters. The highest BCUT2D eigenvalue weighted by atomic mass is 35.5. The van der Waals surface area contributed by atoms with Crippen molar-refractivity contribution in [2.75, 3.05) is 12.5 Å². The number of carbonyl (C=O) groups excluding carboxylic acids is 1. The summed E-state index contributed by atoms with van der Waals surface area (Å²) in [5.41, 5.74) is 3.23. The van der Waals surface area contributed by atoms with Crippen molar-refractivity contribution in [1.29, 1.82) is 5.26 Å². The second kappa shape index (κ2) is 7.25. The number of hydrogen-bond donors (Lipinski definition) is 1. The number of nitrogens with zero attached hydrogens (tertiary/aromatic N) is 2. The molecular weight excluding hydrogens is 302 g/mol. The molecule has 0 saturated heterocycles. The van der Waals surface area contributed by atoms with Crippen LogP contribution in [0.5, 0.6) is 5.75 Å². The number of hydrazone groups is 1. The first kappa shape index (κ1) is 15.5. The lowest BCUT2D eigenvalue weighted by atomic mass is 10.1. The molecular formula is C16H12ClN3O2. The Morgan fingerprint density at radius 1 is 1.23 bits per heavy atom. The van der Waals surface area contributed by atoms with E-state index in [9.17, 15) is 4.79 Å². The Hall–Kier alpha value is -2.84. The van der Waals surface area contributed by atoms with Crippen molar-refractivity contribution in [2.24, 2.45) is 5.10 Å². The number of halogens is 1. The summed E-state index contributed by atoms with van der Waals surface area (Å²) < 4.78 is 5.02. The third-order valence-electron chi connectivity index (χ3n) is 2.84. The summed E-state index contributed by atoms with van der Waals surface area (Å²) in [5.74, 6) is 0.144. The molecule has 0 unspecified atom stereocenters. The molecule has 6 heteroatoms. The summed E-state index contributed by atoms with van der Waals surface area (Å²) in [5, 5.41) is 13.4. The first-order chi connectivity index (χ1) is 10.7. The highest BCUT2D eigenvalue weighted by Gasteiger charge is 2.14. The predicted molar refractivity (Wildman–Crippen MR) is 85.4 cm³/mol. The zero-order valence-corrected chi connectivity index (χ0v) is 12.5. The monoisotopic (exact) mass is 313 g/mol. The molecule has 0 heterocycles. The van der Waals surface area contributed by atoms with Gasteiger partial charge in [-0.25, -0.2) is 0 Å². The maximum Gasteiger partial charge on any atom is 0.223 e. The van der Waals surface area contributed by atoms with E-state index < -0.39 is 5.78 Å². The van der Waals surface area contributed by atoms with Gasteiger partial charge >= 0.3 is 0 Å². The third-order valence-corrected chi connectivity index (χ3v) is 3.16. The molecule has 110 valence electrons. The van der Waals surface area contributed by atoms with Crippen LogP contribution in [-0.4, -0.2) is 18.6 Å². The zero-order valence-electron chi connectivity index (χ0n) is 11.7. The lowest BCUT2D eigenvalue weighted by Crippen LogP contribution is -2.14. The van der Waals surface area contributed by atoms with Crippen LogP contribution in [-0.2, 0) is 0 Å². The smallest absolute Gasteiger partial charge is 0.223 e. The van der Waals surface area contributed by atoms with Crippen molar-refractivity contribution in [2.45, 2.75) is 0 Å². The van der Waals surface area contributed by atoms with Gasteiger partial charge in [0.1, 0.15) is 11.8 Å². The quantitative estimate of drug-likeness (QED) is 0.520. The van der Waals surface area contributed by atoms with Crippen LogP contribution in [0.25, 0.3) is 0 Å². The van der Waals surface area contributed by atoms with Crippen molar-refractivity contribution in [1.82, 2.24) is 0 Å². The van der Waals surface area contributed by atoms with Gasteiger partial charge in [0.25, 0.3) is 0 Å². The number of nitrogens with one attached hydrogen (secondary N) is 1. The van der Waals surface area contributed by atoms with Gasteiger partial charge in [0.15, 0.2) is 0 Å². The van der Waals surface area contributed by atoms with Gasteiger partial charge in [-0.3, -0.25) is 10.2 Å². The molecule has 2 rings (SSSR count). The number of hydrogen-bond acceptors (Lipinski definition) is 5. The van der Waals surface area contributed by atoms with Crippen LogP contribution in [0.15, 0.2) is 53.6 Å². The normalized spacial score (nSPS) is 10.7. The minimum absolute atomic E-state index is 0.259. The molecule has 0 amide bonds. The Kier molecular flexibility index (Phi) is 5.12. The van der Waals surface area contributed by atoms with E-state index in [4.69, 9.17) is 21.6 Å². The second-order valence-corrected chi connectivity index (χ2v) is 4.63. The van der Waals surface area contributed by atoms with Gasteiger partial charge in [-0.05, 0) is 36.4 Å². The number of nitriles is 1. The molecule has 0 spiro atoms. The molecule has 2 aromatic rings. The summed E-state index contributed by atoms with van der Waals surface area (Å²) in [7, 11) is 1.53. The molecule has 0 fully saturated rings. The molecule has 2 aromatic carbocycles.